The van der Waals surface area contributed by atoms with Crippen LogP contribution in [0.25, 0.3) is 6.08 Å². The smallest absolute Gasteiger partial charge is 0.331 e. The van der Waals surface area contributed by atoms with Crippen molar-refractivity contribution in [3.8, 4) is 0 Å². The molecule has 0 saturated heterocycles. The van der Waals surface area contributed by atoms with Gasteiger partial charge in [-0.2, -0.15) is 0 Å². The molecular formula is C21H23NO3. The van der Waals surface area contributed by atoms with E-state index in [1.807, 2.05) is 61.5 Å². The van der Waals surface area contributed by atoms with Gasteiger partial charge < -0.3 is 9.64 Å². The fourth-order valence-corrected chi connectivity index (χ4v) is 2.35. The number of hydrogen-bond acceptors (Lipinski definition) is 3. The summed E-state index contributed by atoms with van der Waals surface area (Å²) in [7, 11) is 1.70. The maximum atomic E-state index is 12.3. The van der Waals surface area contributed by atoms with Crippen LogP contribution < -0.4 is 0 Å². The molecule has 0 unspecified atom stereocenters. The molecule has 1 amide bonds. The lowest BCUT2D eigenvalue weighted by Gasteiger charge is -2.21. The molecule has 2 rings (SSSR count). The zero-order chi connectivity index (χ0) is 18.2. The summed E-state index contributed by atoms with van der Waals surface area (Å²) in [5, 5.41) is 0. The summed E-state index contributed by atoms with van der Waals surface area (Å²) in [6.45, 7) is 4.06. The fraction of sp³-hybridized carbons (Fsp3) is 0.238. The second kappa shape index (κ2) is 8.83. The van der Waals surface area contributed by atoms with Gasteiger partial charge in [0, 0.05) is 19.7 Å². The van der Waals surface area contributed by atoms with Crippen LogP contribution in [0.2, 0.25) is 0 Å². The highest BCUT2D eigenvalue weighted by atomic mass is 16.5. The predicted molar refractivity (Wildman–Crippen MR) is 98.7 cm³/mol. The number of likely N-dealkylation sites (N-methyl/N-ethyl adjacent to an activating group) is 1. The fourth-order valence-electron chi connectivity index (χ4n) is 2.35. The number of hydrogen-bond donors (Lipinski definition) is 0. The van der Waals surface area contributed by atoms with E-state index in [0.29, 0.717) is 6.54 Å². The molecule has 4 nitrogen and oxygen atoms in total. The second-order valence-corrected chi connectivity index (χ2v) is 6.00. The molecule has 0 saturated carbocycles. The summed E-state index contributed by atoms with van der Waals surface area (Å²) in [5.41, 5.74) is 3.08. The molecule has 0 aliphatic heterocycles. The van der Waals surface area contributed by atoms with Crippen LogP contribution in [0.4, 0.5) is 0 Å². The van der Waals surface area contributed by atoms with E-state index >= 15 is 0 Å². The largest absolute Gasteiger partial charge is 0.449 e. The van der Waals surface area contributed by atoms with Crippen molar-refractivity contribution in [2.75, 3.05) is 7.05 Å². The van der Waals surface area contributed by atoms with Crippen LogP contribution in [0.3, 0.4) is 0 Å². The monoisotopic (exact) mass is 337 g/mol. The van der Waals surface area contributed by atoms with Crippen LogP contribution in [0, 0.1) is 6.92 Å². The van der Waals surface area contributed by atoms with Gasteiger partial charge >= 0.3 is 5.97 Å². The second-order valence-electron chi connectivity index (χ2n) is 6.00. The van der Waals surface area contributed by atoms with Crippen LogP contribution in [-0.2, 0) is 20.9 Å². The number of carbonyl (C=O) groups excluding carboxylic acids is 2. The van der Waals surface area contributed by atoms with Crippen molar-refractivity contribution < 1.29 is 14.3 Å². The Labute approximate surface area is 148 Å². The summed E-state index contributed by atoms with van der Waals surface area (Å²) in [6.07, 6.45) is 2.18. The first kappa shape index (κ1) is 18.5. The Bertz CT molecular complexity index is 735. The number of carbonyl (C=O) groups is 2. The Balaban J connectivity index is 1.87. The third kappa shape index (κ3) is 5.92. The molecule has 4 heteroatoms. The molecule has 0 spiro atoms. The van der Waals surface area contributed by atoms with Gasteiger partial charge in [-0.1, -0.05) is 60.2 Å². The minimum absolute atomic E-state index is 0.235. The third-order valence-corrected chi connectivity index (χ3v) is 3.77. The first-order chi connectivity index (χ1) is 12.0. The molecule has 0 heterocycles. The number of amides is 1. The Morgan fingerprint density at radius 2 is 1.72 bits per heavy atom. The summed E-state index contributed by atoms with van der Waals surface area (Å²) < 4.78 is 5.20. The number of nitrogens with zero attached hydrogens (tertiary/aromatic N) is 1. The first-order valence-electron chi connectivity index (χ1n) is 8.20. The van der Waals surface area contributed by atoms with Crippen LogP contribution in [0.5, 0.6) is 0 Å². The SMILES string of the molecule is Cc1ccc(/C=C/C(=O)O[C@H](C)C(=O)N(C)Cc2ccccc2)cc1. The standard InChI is InChI=1S/C21H23NO3/c1-16-9-11-18(12-10-16)13-14-20(23)25-17(2)21(24)22(3)15-19-7-5-4-6-8-19/h4-14,17H,15H2,1-3H3/b14-13+/t17-/m1/s1. The molecule has 1 atom stereocenters. The molecule has 2 aromatic rings. The maximum Gasteiger partial charge on any atom is 0.331 e. The van der Waals surface area contributed by atoms with Gasteiger partial charge in [0.25, 0.3) is 5.91 Å². The average molecular weight is 337 g/mol. The highest BCUT2D eigenvalue weighted by Crippen LogP contribution is 2.08. The van der Waals surface area contributed by atoms with E-state index in [1.54, 1.807) is 24.9 Å². The van der Waals surface area contributed by atoms with E-state index in [-0.39, 0.29) is 5.91 Å². The summed E-state index contributed by atoms with van der Waals surface area (Å²) in [5.74, 6) is -0.768. The van der Waals surface area contributed by atoms with Crippen molar-refractivity contribution in [2.45, 2.75) is 26.5 Å². The van der Waals surface area contributed by atoms with Crippen molar-refractivity contribution in [2.24, 2.45) is 0 Å². The van der Waals surface area contributed by atoms with Crippen LogP contribution in [0.15, 0.2) is 60.7 Å². The molecule has 0 aliphatic rings. The van der Waals surface area contributed by atoms with Gasteiger partial charge in [-0.3, -0.25) is 4.79 Å². The van der Waals surface area contributed by atoms with Crippen LogP contribution in [-0.4, -0.2) is 29.9 Å². The molecule has 0 fully saturated rings. The first-order valence-corrected chi connectivity index (χ1v) is 8.20. The number of benzene rings is 2. The lowest BCUT2D eigenvalue weighted by atomic mass is 10.1. The van der Waals surface area contributed by atoms with Gasteiger partial charge in [-0.05, 0) is 31.1 Å². The molecule has 0 N–H and O–H groups in total. The summed E-state index contributed by atoms with van der Waals surface area (Å²) in [6, 6.07) is 17.4. The molecule has 0 aliphatic carbocycles. The molecule has 0 aromatic heterocycles. The quantitative estimate of drug-likeness (QED) is 0.598. The van der Waals surface area contributed by atoms with Gasteiger partial charge in [0.05, 0.1) is 0 Å². The van der Waals surface area contributed by atoms with E-state index in [1.165, 1.54) is 6.08 Å². The van der Waals surface area contributed by atoms with Gasteiger partial charge in [-0.25, -0.2) is 4.79 Å². The van der Waals surface area contributed by atoms with Crippen molar-refractivity contribution in [1.29, 1.82) is 0 Å². The summed E-state index contributed by atoms with van der Waals surface area (Å²) in [4.78, 5) is 25.8. The minimum Gasteiger partial charge on any atom is -0.449 e. The molecular weight excluding hydrogens is 314 g/mol. The van der Waals surface area contributed by atoms with Gasteiger partial charge in [-0.15, -0.1) is 0 Å². The van der Waals surface area contributed by atoms with E-state index < -0.39 is 12.1 Å². The maximum absolute atomic E-state index is 12.3. The third-order valence-electron chi connectivity index (χ3n) is 3.77. The normalized spacial score (nSPS) is 12.0. The van der Waals surface area contributed by atoms with E-state index in [4.69, 9.17) is 4.74 Å². The van der Waals surface area contributed by atoms with E-state index in [0.717, 1.165) is 16.7 Å². The highest BCUT2D eigenvalue weighted by molar-refractivity contribution is 5.90. The number of aryl methyl sites for hydroxylation is 1. The van der Waals surface area contributed by atoms with Crippen molar-refractivity contribution in [3.05, 3.63) is 77.4 Å². The molecule has 2 aromatic carbocycles. The number of esters is 1. The molecule has 25 heavy (non-hydrogen) atoms. The molecule has 0 bridgehead atoms. The van der Waals surface area contributed by atoms with Gasteiger partial charge in [0.2, 0.25) is 0 Å². The number of ether oxygens (including phenoxy) is 1. The Kier molecular flexibility index (Phi) is 6.52. The average Bonchev–Trinajstić information content (AvgIpc) is 2.61. The number of rotatable bonds is 6. The van der Waals surface area contributed by atoms with Gasteiger partial charge in [0.15, 0.2) is 6.10 Å². The Hall–Kier alpha value is -2.88. The highest BCUT2D eigenvalue weighted by Gasteiger charge is 2.20. The van der Waals surface area contributed by atoms with Gasteiger partial charge in [0.1, 0.15) is 0 Å². The van der Waals surface area contributed by atoms with E-state index in [9.17, 15) is 9.59 Å². The van der Waals surface area contributed by atoms with Crippen molar-refractivity contribution in [3.63, 3.8) is 0 Å². The minimum atomic E-state index is -0.830. The zero-order valence-electron chi connectivity index (χ0n) is 14.8. The lowest BCUT2D eigenvalue weighted by molar-refractivity contribution is -0.154. The van der Waals surface area contributed by atoms with Crippen LogP contribution >= 0.6 is 0 Å². The van der Waals surface area contributed by atoms with Crippen molar-refractivity contribution >= 4 is 18.0 Å². The Morgan fingerprint density at radius 1 is 1.08 bits per heavy atom. The molecule has 130 valence electrons. The van der Waals surface area contributed by atoms with Crippen LogP contribution in [0.1, 0.15) is 23.6 Å². The molecule has 0 radical (unpaired) electrons. The summed E-state index contributed by atoms with van der Waals surface area (Å²) >= 11 is 0. The predicted octanol–water partition coefficient (Wildman–Crippen LogP) is 3.60. The topological polar surface area (TPSA) is 46.6 Å². The van der Waals surface area contributed by atoms with E-state index in [2.05, 4.69) is 0 Å². The lowest BCUT2D eigenvalue weighted by Crippen LogP contribution is -2.36. The zero-order valence-corrected chi connectivity index (χ0v) is 14.8. The van der Waals surface area contributed by atoms with Crippen molar-refractivity contribution in [1.82, 2.24) is 4.90 Å². The Morgan fingerprint density at radius 3 is 2.36 bits per heavy atom.